The summed E-state index contributed by atoms with van der Waals surface area (Å²) in [7, 11) is 2.08. The minimum Gasteiger partial charge on any atom is -0.490 e. The van der Waals surface area contributed by atoms with Crippen molar-refractivity contribution in [1.29, 1.82) is 0 Å². The number of carbonyl (C=O) groups excluding carboxylic acids is 1. The SMILES string of the molecule is Br.CCN(C)CC=CCOc1ccc(C(=O)c2ccc(Br)cc2)cc1. The van der Waals surface area contributed by atoms with Gasteiger partial charge in [-0.3, -0.25) is 4.79 Å². The second-order valence-electron chi connectivity index (χ2n) is 5.50. The third kappa shape index (κ3) is 7.14. The molecule has 0 radical (unpaired) electrons. The second kappa shape index (κ2) is 11.2. The van der Waals surface area contributed by atoms with Crippen LogP contribution in [0.3, 0.4) is 0 Å². The fourth-order valence-corrected chi connectivity index (χ4v) is 2.33. The van der Waals surface area contributed by atoms with Crippen LogP contribution in [0.4, 0.5) is 0 Å². The number of benzene rings is 2. The Morgan fingerprint density at radius 1 is 1.04 bits per heavy atom. The van der Waals surface area contributed by atoms with E-state index >= 15 is 0 Å². The van der Waals surface area contributed by atoms with E-state index in [0.29, 0.717) is 17.7 Å². The van der Waals surface area contributed by atoms with E-state index in [1.54, 1.807) is 12.1 Å². The molecule has 5 heteroatoms. The lowest BCUT2D eigenvalue weighted by Gasteiger charge is -2.09. The van der Waals surface area contributed by atoms with Crippen molar-refractivity contribution in [3.05, 3.63) is 76.3 Å². The molecule has 0 fully saturated rings. The van der Waals surface area contributed by atoms with Crippen LogP contribution in [-0.4, -0.2) is 37.4 Å². The van der Waals surface area contributed by atoms with Crippen LogP contribution in [0.15, 0.2) is 65.2 Å². The van der Waals surface area contributed by atoms with Gasteiger partial charge in [-0.25, -0.2) is 0 Å². The van der Waals surface area contributed by atoms with Crippen molar-refractivity contribution in [2.75, 3.05) is 26.7 Å². The Hall–Kier alpha value is -1.43. The monoisotopic (exact) mass is 467 g/mol. The van der Waals surface area contributed by atoms with Crippen molar-refractivity contribution < 1.29 is 9.53 Å². The lowest BCUT2D eigenvalue weighted by molar-refractivity contribution is 0.103. The summed E-state index contributed by atoms with van der Waals surface area (Å²) in [4.78, 5) is 14.6. The van der Waals surface area contributed by atoms with Gasteiger partial charge < -0.3 is 9.64 Å². The van der Waals surface area contributed by atoms with E-state index in [4.69, 9.17) is 4.74 Å². The summed E-state index contributed by atoms with van der Waals surface area (Å²) in [6.07, 6.45) is 4.10. The first-order valence-electron chi connectivity index (χ1n) is 7.97. The Balaban J connectivity index is 0.00000312. The van der Waals surface area contributed by atoms with Crippen LogP contribution in [0.5, 0.6) is 5.75 Å². The largest absolute Gasteiger partial charge is 0.490 e. The van der Waals surface area contributed by atoms with Gasteiger partial charge in [0.1, 0.15) is 12.4 Å². The van der Waals surface area contributed by atoms with Gasteiger partial charge in [0.2, 0.25) is 0 Å². The Bertz CT molecular complexity index is 682. The van der Waals surface area contributed by atoms with E-state index in [1.807, 2.05) is 42.5 Å². The minimum atomic E-state index is 0. The fraction of sp³-hybridized carbons (Fsp3) is 0.250. The number of hydrogen-bond acceptors (Lipinski definition) is 3. The van der Waals surface area contributed by atoms with Crippen molar-refractivity contribution in [2.24, 2.45) is 0 Å². The molecule has 0 unspecified atom stereocenters. The Morgan fingerprint density at radius 2 is 1.60 bits per heavy atom. The first-order valence-corrected chi connectivity index (χ1v) is 8.76. The van der Waals surface area contributed by atoms with Crippen LogP contribution in [0, 0.1) is 0 Å². The lowest BCUT2D eigenvalue weighted by Crippen LogP contribution is -2.17. The average Bonchev–Trinajstić information content (AvgIpc) is 2.62. The fourth-order valence-electron chi connectivity index (χ4n) is 2.07. The topological polar surface area (TPSA) is 29.5 Å². The molecule has 3 nitrogen and oxygen atoms in total. The van der Waals surface area contributed by atoms with E-state index in [-0.39, 0.29) is 22.8 Å². The first-order chi connectivity index (χ1) is 11.6. The highest BCUT2D eigenvalue weighted by Crippen LogP contribution is 2.17. The minimum absolute atomic E-state index is 0. The third-order valence-electron chi connectivity index (χ3n) is 3.69. The number of likely N-dealkylation sites (N-methyl/N-ethyl adjacent to an activating group) is 1. The molecule has 0 N–H and O–H groups in total. The molecule has 0 amide bonds. The Labute approximate surface area is 168 Å². The van der Waals surface area contributed by atoms with E-state index in [0.717, 1.165) is 23.3 Å². The summed E-state index contributed by atoms with van der Waals surface area (Å²) in [5.74, 6) is 0.771. The number of carbonyl (C=O) groups is 1. The normalized spacial score (nSPS) is 10.7. The predicted octanol–water partition coefficient (Wildman–Crippen LogP) is 5.14. The molecule has 0 saturated carbocycles. The number of hydrogen-bond donors (Lipinski definition) is 0. The van der Waals surface area contributed by atoms with Gasteiger partial charge in [-0.1, -0.05) is 35.0 Å². The maximum Gasteiger partial charge on any atom is 0.193 e. The van der Waals surface area contributed by atoms with Gasteiger partial charge >= 0.3 is 0 Å². The highest BCUT2D eigenvalue weighted by molar-refractivity contribution is 9.10. The van der Waals surface area contributed by atoms with Crippen LogP contribution >= 0.6 is 32.9 Å². The highest BCUT2D eigenvalue weighted by Gasteiger charge is 2.08. The van der Waals surface area contributed by atoms with Gasteiger partial charge in [0.15, 0.2) is 5.78 Å². The smallest absolute Gasteiger partial charge is 0.193 e. The number of nitrogens with zero attached hydrogens (tertiary/aromatic N) is 1. The molecule has 0 heterocycles. The quantitative estimate of drug-likeness (QED) is 0.396. The molecule has 0 spiro atoms. The molecule has 134 valence electrons. The number of ketones is 1. The van der Waals surface area contributed by atoms with E-state index < -0.39 is 0 Å². The van der Waals surface area contributed by atoms with Gasteiger partial charge in [-0.15, -0.1) is 17.0 Å². The Kier molecular flexibility index (Phi) is 9.71. The molecule has 0 saturated heterocycles. The molecular weight excluding hydrogens is 446 g/mol. The standard InChI is InChI=1S/C20H22BrNO2.BrH/c1-3-22(2)14-4-5-15-24-19-12-8-17(9-13-19)20(23)16-6-10-18(21)11-7-16;/h4-13H,3,14-15H2,1-2H3;1H. The van der Waals surface area contributed by atoms with Gasteiger partial charge in [-0.2, -0.15) is 0 Å². The van der Waals surface area contributed by atoms with Crippen LogP contribution in [0.1, 0.15) is 22.8 Å². The van der Waals surface area contributed by atoms with Crippen LogP contribution in [0.2, 0.25) is 0 Å². The van der Waals surface area contributed by atoms with E-state index in [2.05, 4.69) is 40.9 Å². The van der Waals surface area contributed by atoms with Crippen molar-refractivity contribution in [2.45, 2.75) is 6.92 Å². The molecule has 2 aromatic carbocycles. The summed E-state index contributed by atoms with van der Waals surface area (Å²) in [5, 5.41) is 0. The average molecular weight is 469 g/mol. The zero-order chi connectivity index (χ0) is 17.4. The van der Waals surface area contributed by atoms with Gasteiger partial charge in [0, 0.05) is 22.1 Å². The molecular formula is C20H23Br2NO2. The summed E-state index contributed by atoms with van der Waals surface area (Å²) >= 11 is 3.37. The molecule has 0 bridgehead atoms. The molecule has 0 aromatic heterocycles. The van der Waals surface area contributed by atoms with Gasteiger partial charge in [0.05, 0.1) is 0 Å². The van der Waals surface area contributed by atoms with Gasteiger partial charge in [-0.05, 0) is 62.1 Å². The van der Waals surface area contributed by atoms with Crippen molar-refractivity contribution in [3.8, 4) is 5.75 Å². The summed E-state index contributed by atoms with van der Waals surface area (Å²) in [6, 6.07) is 14.6. The Morgan fingerprint density at radius 3 is 2.16 bits per heavy atom. The molecule has 2 rings (SSSR count). The summed E-state index contributed by atoms with van der Waals surface area (Å²) < 4.78 is 6.61. The van der Waals surface area contributed by atoms with Crippen molar-refractivity contribution in [1.82, 2.24) is 4.90 Å². The molecule has 0 aliphatic carbocycles. The molecule has 25 heavy (non-hydrogen) atoms. The molecule has 0 atom stereocenters. The summed E-state index contributed by atoms with van der Waals surface area (Å²) in [6.45, 7) is 4.60. The van der Waals surface area contributed by atoms with Crippen LogP contribution in [0.25, 0.3) is 0 Å². The van der Waals surface area contributed by atoms with Gasteiger partial charge in [0.25, 0.3) is 0 Å². The molecule has 0 aliphatic heterocycles. The molecule has 2 aromatic rings. The zero-order valence-electron chi connectivity index (χ0n) is 14.4. The first kappa shape index (κ1) is 21.6. The zero-order valence-corrected chi connectivity index (χ0v) is 17.7. The van der Waals surface area contributed by atoms with Crippen LogP contribution < -0.4 is 4.74 Å². The maximum absolute atomic E-state index is 12.4. The number of rotatable bonds is 8. The van der Waals surface area contributed by atoms with E-state index in [1.165, 1.54) is 0 Å². The maximum atomic E-state index is 12.4. The van der Waals surface area contributed by atoms with Crippen LogP contribution in [-0.2, 0) is 0 Å². The number of ether oxygens (including phenoxy) is 1. The van der Waals surface area contributed by atoms with Crippen molar-refractivity contribution in [3.63, 3.8) is 0 Å². The van der Waals surface area contributed by atoms with E-state index in [9.17, 15) is 4.79 Å². The summed E-state index contributed by atoms with van der Waals surface area (Å²) in [5.41, 5.74) is 1.33. The predicted molar refractivity (Wildman–Crippen MR) is 112 cm³/mol. The van der Waals surface area contributed by atoms with Crippen molar-refractivity contribution >= 4 is 38.7 Å². The number of halogens is 2. The third-order valence-corrected chi connectivity index (χ3v) is 4.22. The molecule has 0 aliphatic rings. The highest BCUT2D eigenvalue weighted by atomic mass is 79.9. The second-order valence-corrected chi connectivity index (χ2v) is 6.41. The lowest BCUT2D eigenvalue weighted by atomic mass is 10.0.